The van der Waals surface area contributed by atoms with E-state index in [9.17, 15) is 14.0 Å². The van der Waals surface area contributed by atoms with Crippen LogP contribution < -0.4 is 10.5 Å². The molecule has 0 aliphatic carbocycles. The Morgan fingerprint density at radius 1 is 1.11 bits per heavy atom. The first-order chi connectivity index (χ1) is 13.5. The summed E-state index contributed by atoms with van der Waals surface area (Å²) in [6, 6.07) is 16.6. The molecule has 0 atom stereocenters. The third kappa shape index (κ3) is 3.27. The lowest BCUT2D eigenvalue weighted by Crippen LogP contribution is -2.35. The van der Waals surface area contributed by atoms with Crippen molar-refractivity contribution < 1.29 is 9.18 Å². The largest absolute Gasteiger partial charge is 0.314 e. The molecule has 0 saturated carbocycles. The van der Waals surface area contributed by atoms with Crippen molar-refractivity contribution in [3.05, 3.63) is 83.2 Å². The summed E-state index contributed by atoms with van der Waals surface area (Å²) in [6.07, 6.45) is 1.37. The van der Waals surface area contributed by atoms with Gasteiger partial charge in [0.15, 0.2) is 0 Å². The van der Waals surface area contributed by atoms with E-state index in [-0.39, 0.29) is 23.8 Å². The lowest BCUT2D eigenvalue weighted by atomic mass is 10.1. The van der Waals surface area contributed by atoms with Gasteiger partial charge in [-0.3, -0.25) is 9.59 Å². The van der Waals surface area contributed by atoms with Crippen molar-refractivity contribution in [2.24, 2.45) is 0 Å². The number of para-hydroxylation sites is 1. The molecule has 0 radical (unpaired) electrons. The van der Waals surface area contributed by atoms with Crippen molar-refractivity contribution in [2.75, 3.05) is 11.9 Å². The number of amides is 1. The van der Waals surface area contributed by atoms with Crippen LogP contribution in [0.15, 0.2) is 71.8 Å². The van der Waals surface area contributed by atoms with Crippen molar-refractivity contribution in [2.45, 2.75) is 6.54 Å². The summed E-state index contributed by atoms with van der Waals surface area (Å²) in [5.41, 5.74) is 1.77. The van der Waals surface area contributed by atoms with E-state index in [0.29, 0.717) is 11.3 Å². The zero-order valence-electron chi connectivity index (χ0n) is 15.0. The van der Waals surface area contributed by atoms with E-state index in [1.165, 1.54) is 27.9 Å². The topological polar surface area (TPSA) is 72.5 Å². The molecule has 0 bridgehead atoms. The average Bonchev–Trinajstić information content (AvgIpc) is 3.16. The Morgan fingerprint density at radius 3 is 2.54 bits per heavy atom. The Balaban J connectivity index is 1.63. The normalized spacial score (nSPS) is 10.9. The van der Waals surface area contributed by atoms with E-state index in [2.05, 4.69) is 10.2 Å². The van der Waals surface area contributed by atoms with Crippen LogP contribution in [0.25, 0.3) is 16.8 Å². The van der Waals surface area contributed by atoms with E-state index in [0.717, 1.165) is 10.4 Å². The Morgan fingerprint density at radius 2 is 1.82 bits per heavy atom. The first-order valence-electron chi connectivity index (χ1n) is 8.56. The average molecular weight is 377 g/mol. The first kappa shape index (κ1) is 17.6. The first-order valence-corrected chi connectivity index (χ1v) is 8.56. The summed E-state index contributed by atoms with van der Waals surface area (Å²) in [6.45, 7) is -0.197. The highest BCUT2D eigenvalue weighted by Crippen LogP contribution is 2.18. The Kier molecular flexibility index (Phi) is 4.44. The molecule has 28 heavy (non-hydrogen) atoms. The highest BCUT2D eigenvalue weighted by atomic mass is 19.1. The van der Waals surface area contributed by atoms with Crippen LogP contribution in [0.4, 0.5) is 10.1 Å². The monoisotopic (exact) mass is 377 g/mol. The van der Waals surface area contributed by atoms with Crippen LogP contribution in [-0.4, -0.2) is 32.3 Å². The van der Waals surface area contributed by atoms with Gasteiger partial charge in [0.2, 0.25) is 5.91 Å². The van der Waals surface area contributed by atoms with Crippen LogP contribution in [0, 0.1) is 5.82 Å². The highest BCUT2D eigenvalue weighted by Gasteiger charge is 2.15. The number of aromatic nitrogens is 4. The molecule has 2 aromatic carbocycles. The van der Waals surface area contributed by atoms with E-state index in [4.69, 9.17) is 0 Å². The lowest BCUT2D eigenvalue weighted by molar-refractivity contribution is -0.119. The van der Waals surface area contributed by atoms with Gasteiger partial charge in [-0.25, -0.2) is 13.6 Å². The number of carbonyl (C=O) groups excluding carboxylic acids is 1. The Hall–Kier alpha value is -3.81. The molecule has 1 amide bonds. The maximum atomic E-state index is 13.1. The molecule has 4 aromatic rings. The van der Waals surface area contributed by atoms with Gasteiger partial charge in [-0.05, 0) is 42.5 Å². The van der Waals surface area contributed by atoms with E-state index in [1.807, 2.05) is 30.3 Å². The van der Waals surface area contributed by atoms with Gasteiger partial charge < -0.3 is 4.90 Å². The smallest absolute Gasteiger partial charge is 0.293 e. The summed E-state index contributed by atoms with van der Waals surface area (Å²) < 4.78 is 15.6. The number of benzene rings is 2. The van der Waals surface area contributed by atoms with Crippen LogP contribution in [0.3, 0.4) is 0 Å². The van der Waals surface area contributed by atoms with Crippen LogP contribution >= 0.6 is 0 Å². The minimum atomic E-state index is -0.432. The third-order valence-corrected chi connectivity index (χ3v) is 4.43. The lowest BCUT2D eigenvalue weighted by Gasteiger charge is -2.17. The molecular formula is C20H16FN5O2. The molecule has 4 rings (SSSR count). The van der Waals surface area contributed by atoms with Gasteiger partial charge in [-0.2, -0.15) is 10.2 Å². The Bertz CT molecular complexity index is 1200. The Labute approximate surface area is 159 Å². The number of hydrogen-bond donors (Lipinski definition) is 0. The number of nitrogens with zero attached hydrogens (tertiary/aromatic N) is 5. The molecule has 0 spiro atoms. The van der Waals surface area contributed by atoms with E-state index in [1.54, 1.807) is 25.2 Å². The summed E-state index contributed by atoms with van der Waals surface area (Å²) in [7, 11) is 1.65. The van der Waals surface area contributed by atoms with Gasteiger partial charge in [0.05, 0.1) is 5.69 Å². The van der Waals surface area contributed by atoms with Crippen LogP contribution in [0.2, 0.25) is 0 Å². The van der Waals surface area contributed by atoms with E-state index >= 15 is 0 Å². The van der Waals surface area contributed by atoms with Crippen molar-refractivity contribution in [3.63, 3.8) is 0 Å². The van der Waals surface area contributed by atoms with Gasteiger partial charge in [0, 0.05) is 18.3 Å². The standard InChI is InChI=1S/C20H16FN5O2/c1-24(16-5-3-2-4-6-16)19(27)12-25-20(28)18-11-17(23-26(18)13-22-25)14-7-9-15(21)10-8-14/h2-11,13H,12H2,1H3. The second-order valence-corrected chi connectivity index (χ2v) is 6.25. The van der Waals surface area contributed by atoms with Crippen molar-refractivity contribution in [1.29, 1.82) is 0 Å². The number of carbonyl (C=O) groups is 1. The summed E-state index contributed by atoms with van der Waals surface area (Å²) >= 11 is 0. The van der Waals surface area contributed by atoms with Gasteiger partial charge in [-0.15, -0.1) is 0 Å². The highest BCUT2D eigenvalue weighted by molar-refractivity contribution is 5.92. The third-order valence-electron chi connectivity index (χ3n) is 4.43. The van der Waals surface area contributed by atoms with E-state index < -0.39 is 5.56 Å². The minimum absolute atomic E-state index is 0.197. The second kappa shape index (κ2) is 7.07. The molecule has 0 fully saturated rings. The summed E-state index contributed by atoms with van der Waals surface area (Å²) in [5, 5.41) is 8.34. The maximum absolute atomic E-state index is 13.1. The van der Waals surface area contributed by atoms with Crippen molar-refractivity contribution in [1.82, 2.24) is 19.4 Å². The number of fused-ring (bicyclic) bond motifs is 1. The quantitative estimate of drug-likeness (QED) is 0.547. The van der Waals surface area contributed by atoms with Gasteiger partial charge in [-0.1, -0.05) is 18.2 Å². The van der Waals surface area contributed by atoms with Crippen LogP contribution in [0.1, 0.15) is 0 Å². The number of anilines is 1. The molecule has 0 N–H and O–H groups in total. The van der Waals surface area contributed by atoms with Gasteiger partial charge >= 0.3 is 0 Å². The number of likely N-dealkylation sites (N-methyl/N-ethyl adjacent to an activating group) is 1. The SMILES string of the molecule is CN(C(=O)Cn1ncn2nc(-c3ccc(F)cc3)cc2c1=O)c1ccccc1. The molecule has 2 heterocycles. The summed E-state index contributed by atoms with van der Waals surface area (Å²) in [5.74, 6) is -0.624. The van der Waals surface area contributed by atoms with Crippen LogP contribution in [-0.2, 0) is 11.3 Å². The van der Waals surface area contributed by atoms with Crippen molar-refractivity contribution in [3.8, 4) is 11.3 Å². The fourth-order valence-corrected chi connectivity index (χ4v) is 2.84. The molecule has 2 aromatic heterocycles. The predicted octanol–water partition coefficient (Wildman–Crippen LogP) is 2.36. The molecule has 0 unspecified atom stereocenters. The molecule has 7 nitrogen and oxygen atoms in total. The molecule has 0 saturated heterocycles. The number of rotatable bonds is 4. The molecule has 8 heteroatoms. The fraction of sp³-hybridized carbons (Fsp3) is 0.100. The molecular weight excluding hydrogens is 361 g/mol. The van der Waals surface area contributed by atoms with Crippen molar-refractivity contribution >= 4 is 17.1 Å². The van der Waals surface area contributed by atoms with Gasteiger partial charge in [0.1, 0.15) is 24.2 Å². The maximum Gasteiger partial charge on any atom is 0.293 e. The fourth-order valence-electron chi connectivity index (χ4n) is 2.84. The predicted molar refractivity (Wildman–Crippen MR) is 102 cm³/mol. The minimum Gasteiger partial charge on any atom is -0.314 e. The number of hydrogen-bond acceptors (Lipinski definition) is 4. The molecule has 0 aliphatic rings. The molecule has 140 valence electrons. The number of halogens is 1. The summed E-state index contributed by atoms with van der Waals surface area (Å²) in [4.78, 5) is 26.7. The van der Waals surface area contributed by atoms with Crippen LogP contribution in [0.5, 0.6) is 0 Å². The molecule has 0 aliphatic heterocycles. The van der Waals surface area contributed by atoms with Gasteiger partial charge in [0.25, 0.3) is 5.56 Å². The second-order valence-electron chi connectivity index (χ2n) is 6.25. The zero-order valence-corrected chi connectivity index (χ0v) is 15.0. The zero-order chi connectivity index (χ0) is 19.7.